The van der Waals surface area contributed by atoms with E-state index in [4.69, 9.17) is 0 Å². The molecule has 0 bridgehead atoms. The number of rotatable bonds is 6. The fourth-order valence-electron chi connectivity index (χ4n) is 3.99. The second-order valence-electron chi connectivity index (χ2n) is 7.73. The van der Waals surface area contributed by atoms with Crippen LogP contribution in [-0.2, 0) is 10.2 Å². The van der Waals surface area contributed by atoms with Gasteiger partial charge in [-0.3, -0.25) is 4.90 Å². The molecule has 2 aliphatic rings. The maximum atomic E-state index is 12.6. The van der Waals surface area contributed by atoms with E-state index in [1.165, 1.54) is 5.56 Å². The average molecular weight is 381 g/mol. The highest BCUT2D eigenvalue weighted by Gasteiger charge is 2.29. The summed E-state index contributed by atoms with van der Waals surface area (Å²) in [5.41, 5.74) is 1.30. The summed E-state index contributed by atoms with van der Waals surface area (Å²) in [6, 6.07) is 10.8. The van der Waals surface area contributed by atoms with Crippen LogP contribution in [0.15, 0.2) is 30.3 Å². The number of hydrogen-bond donors (Lipinski definition) is 1. The standard InChI is InChI=1S/C19H32N4O2S/c1-17-7-6-11-23(15-17)26(24,25)20-10-12-22-14-13-21(2)16-19(22)18-8-4-3-5-9-18/h3-5,8-9,17,19-20H,6-7,10-16H2,1-2H3/t17-,19-/m1/s1. The van der Waals surface area contributed by atoms with E-state index in [2.05, 4.69) is 52.8 Å². The lowest BCUT2D eigenvalue weighted by Crippen LogP contribution is -2.50. The van der Waals surface area contributed by atoms with Gasteiger partial charge in [0.15, 0.2) is 0 Å². The third-order valence-electron chi connectivity index (χ3n) is 5.52. The second kappa shape index (κ2) is 8.80. The van der Waals surface area contributed by atoms with Crippen LogP contribution < -0.4 is 4.72 Å². The van der Waals surface area contributed by atoms with Gasteiger partial charge in [-0.05, 0) is 31.4 Å². The monoisotopic (exact) mass is 380 g/mol. The van der Waals surface area contributed by atoms with E-state index in [0.29, 0.717) is 31.6 Å². The van der Waals surface area contributed by atoms with Gasteiger partial charge in [0.2, 0.25) is 0 Å². The van der Waals surface area contributed by atoms with E-state index in [0.717, 1.165) is 39.0 Å². The van der Waals surface area contributed by atoms with Crippen molar-refractivity contribution in [2.24, 2.45) is 5.92 Å². The van der Waals surface area contributed by atoms with E-state index in [1.807, 2.05) is 6.07 Å². The first-order valence-electron chi connectivity index (χ1n) is 9.68. The first kappa shape index (κ1) is 19.8. The molecule has 0 spiro atoms. The van der Waals surface area contributed by atoms with Crippen molar-refractivity contribution in [3.8, 4) is 0 Å². The number of nitrogens with zero attached hydrogens (tertiary/aromatic N) is 3. The summed E-state index contributed by atoms with van der Waals surface area (Å²) in [4.78, 5) is 4.74. The summed E-state index contributed by atoms with van der Waals surface area (Å²) in [5, 5.41) is 0. The minimum Gasteiger partial charge on any atom is -0.303 e. The molecule has 0 radical (unpaired) electrons. The van der Waals surface area contributed by atoms with E-state index >= 15 is 0 Å². The van der Waals surface area contributed by atoms with Gasteiger partial charge in [-0.2, -0.15) is 12.7 Å². The van der Waals surface area contributed by atoms with Crippen LogP contribution in [0.5, 0.6) is 0 Å². The normalized spacial score (nSPS) is 26.8. The summed E-state index contributed by atoms with van der Waals surface area (Å²) in [6.45, 7) is 7.53. The first-order valence-corrected chi connectivity index (χ1v) is 11.1. The summed E-state index contributed by atoms with van der Waals surface area (Å²) in [5.74, 6) is 0.445. The molecule has 2 atom stereocenters. The molecular formula is C19H32N4O2S. The van der Waals surface area contributed by atoms with Gasteiger partial charge in [0.25, 0.3) is 10.2 Å². The van der Waals surface area contributed by atoms with Crippen molar-refractivity contribution in [1.29, 1.82) is 0 Å². The molecule has 2 fully saturated rings. The van der Waals surface area contributed by atoms with E-state index in [-0.39, 0.29) is 0 Å². The van der Waals surface area contributed by atoms with Gasteiger partial charge in [-0.15, -0.1) is 0 Å². The highest BCUT2D eigenvalue weighted by atomic mass is 32.2. The molecule has 1 N–H and O–H groups in total. The van der Waals surface area contributed by atoms with Crippen LogP contribution in [0.1, 0.15) is 31.4 Å². The number of nitrogens with one attached hydrogen (secondary N) is 1. The Labute approximate surface area is 158 Å². The van der Waals surface area contributed by atoms with Crippen molar-refractivity contribution < 1.29 is 8.42 Å². The highest BCUT2D eigenvalue weighted by Crippen LogP contribution is 2.24. The van der Waals surface area contributed by atoms with E-state index in [1.54, 1.807) is 4.31 Å². The summed E-state index contributed by atoms with van der Waals surface area (Å²) in [7, 11) is -1.22. The van der Waals surface area contributed by atoms with Crippen molar-refractivity contribution >= 4 is 10.2 Å². The molecule has 0 aromatic heterocycles. The fraction of sp³-hybridized carbons (Fsp3) is 0.684. The van der Waals surface area contributed by atoms with Gasteiger partial charge in [-0.1, -0.05) is 37.3 Å². The lowest BCUT2D eigenvalue weighted by atomic mass is 10.0. The highest BCUT2D eigenvalue weighted by molar-refractivity contribution is 7.87. The lowest BCUT2D eigenvalue weighted by molar-refractivity contribution is 0.0918. The van der Waals surface area contributed by atoms with Crippen molar-refractivity contribution in [2.45, 2.75) is 25.8 Å². The quantitative estimate of drug-likeness (QED) is 0.813. The van der Waals surface area contributed by atoms with Gasteiger partial charge in [-0.25, -0.2) is 4.72 Å². The SMILES string of the molecule is C[C@@H]1CCCN(S(=O)(=O)NCCN2CCN(C)C[C@@H]2c2ccccc2)C1. The maximum Gasteiger partial charge on any atom is 0.279 e. The van der Waals surface area contributed by atoms with Crippen LogP contribution >= 0.6 is 0 Å². The Kier molecular flexibility index (Phi) is 6.69. The first-order chi connectivity index (χ1) is 12.5. The average Bonchev–Trinajstić information content (AvgIpc) is 2.63. The van der Waals surface area contributed by atoms with Crippen LogP contribution in [0.2, 0.25) is 0 Å². The van der Waals surface area contributed by atoms with Crippen LogP contribution in [0, 0.1) is 5.92 Å². The molecule has 6 nitrogen and oxygen atoms in total. The van der Waals surface area contributed by atoms with E-state index < -0.39 is 10.2 Å². The number of piperidine rings is 1. The molecule has 0 aliphatic carbocycles. The summed E-state index contributed by atoms with van der Waals surface area (Å²) >= 11 is 0. The number of hydrogen-bond acceptors (Lipinski definition) is 4. The summed E-state index contributed by atoms with van der Waals surface area (Å²) in [6.07, 6.45) is 2.07. The molecule has 26 heavy (non-hydrogen) atoms. The molecule has 0 saturated carbocycles. The molecule has 1 aromatic rings. The van der Waals surface area contributed by atoms with Crippen LogP contribution in [0.3, 0.4) is 0 Å². The van der Waals surface area contributed by atoms with Crippen LogP contribution in [0.25, 0.3) is 0 Å². The van der Waals surface area contributed by atoms with Gasteiger partial charge in [0, 0.05) is 51.9 Å². The second-order valence-corrected chi connectivity index (χ2v) is 9.48. The third kappa shape index (κ3) is 5.04. The van der Waals surface area contributed by atoms with Crippen LogP contribution in [0.4, 0.5) is 0 Å². The minimum absolute atomic E-state index is 0.314. The van der Waals surface area contributed by atoms with Crippen molar-refractivity contribution in [1.82, 2.24) is 18.8 Å². The molecule has 2 saturated heterocycles. The van der Waals surface area contributed by atoms with Gasteiger partial charge < -0.3 is 4.90 Å². The zero-order chi connectivity index (χ0) is 18.6. The predicted molar refractivity (Wildman–Crippen MR) is 105 cm³/mol. The maximum absolute atomic E-state index is 12.6. The number of piperazine rings is 1. The van der Waals surface area contributed by atoms with Crippen molar-refractivity contribution in [3.05, 3.63) is 35.9 Å². The molecule has 146 valence electrons. The Bertz CT molecular complexity index is 667. The molecule has 3 rings (SSSR count). The molecule has 1 aromatic carbocycles. The lowest BCUT2D eigenvalue weighted by Gasteiger charge is -2.40. The van der Waals surface area contributed by atoms with E-state index in [9.17, 15) is 8.42 Å². The molecule has 2 aliphatic heterocycles. The Balaban J connectivity index is 1.57. The smallest absolute Gasteiger partial charge is 0.279 e. The van der Waals surface area contributed by atoms with Gasteiger partial charge in [0.1, 0.15) is 0 Å². The molecule has 0 unspecified atom stereocenters. The zero-order valence-corrected chi connectivity index (χ0v) is 16.8. The Morgan fingerprint density at radius 3 is 2.62 bits per heavy atom. The summed E-state index contributed by atoms with van der Waals surface area (Å²) < 4.78 is 29.6. The van der Waals surface area contributed by atoms with Crippen molar-refractivity contribution in [2.75, 3.05) is 52.9 Å². The van der Waals surface area contributed by atoms with Crippen LogP contribution in [-0.4, -0.2) is 75.4 Å². The Hall–Kier alpha value is -0.990. The largest absolute Gasteiger partial charge is 0.303 e. The zero-order valence-electron chi connectivity index (χ0n) is 16.0. The molecule has 2 heterocycles. The topological polar surface area (TPSA) is 55.9 Å². The third-order valence-corrected chi connectivity index (χ3v) is 7.10. The Morgan fingerprint density at radius 2 is 1.88 bits per heavy atom. The predicted octanol–water partition coefficient (Wildman–Crippen LogP) is 1.54. The Morgan fingerprint density at radius 1 is 1.12 bits per heavy atom. The number of likely N-dealkylation sites (N-methyl/N-ethyl adjacent to an activating group) is 1. The molecular weight excluding hydrogens is 348 g/mol. The minimum atomic E-state index is -3.36. The number of benzene rings is 1. The van der Waals surface area contributed by atoms with Gasteiger partial charge >= 0.3 is 0 Å². The molecule has 7 heteroatoms. The molecule has 0 amide bonds. The van der Waals surface area contributed by atoms with Crippen molar-refractivity contribution in [3.63, 3.8) is 0 Å². The fourth-order valence-corrected chi connectivity index (χ4v) is 5.34. The van der Waals surface area contributed by atoms with Gasteiger partial charge in [0.05, 0.1) is 0 Å².